The maximum absolute atomic E-state index is 12.3. The van der Waals surface area contributed by atoms with Gasteiger partial charge in [0.15, 0.2) is 0 Å². The summed E-state index contributed by atoms with van der Waals surface area (Å²) in [5, 5.41) is 0. The topological polar surface area (TPSA) is 46.3 Å². The first-order valence-electron chi connectivity index (χ1n) is 6.67. The predicted octanol–water partition coefficient (Wildman–Crippen LogP) is 2.04. The van der Waals surface area contributed by atoms with Gasteiger partial charge >= 0.3 is 0 Å². The van der Waals surface area contributed by atoms with Crippen LogP contribution < -0.4 is 5.73 Å². The van der Waals surface area contributed by atoms with Crippen molar-refractivity contribution in [3.8, 4) is 0 Å². The molecule has 0 heterocycles. The van der Waals surface area contributed by atoms with Gasteiger partial charge < -0.3 is 10.6 Å². The smallest absolute Gasteiger partial charge is 0.225 e. The van der Waals surface area contributed by atoms with Gasteiger partial charge in [-0.15, -0.1) is 12.4 Å². The number of carbonyl (C=O) groups excluding carboxylic acids is 1. The minimum Gasteiger partial charge on any atom is -0.345 e. The van der Waals surface area contributed by atoms with Crippen LogP contribution in [0.2, 0.25) is 0 Å². The quantitative estimate of drug-likeness (QED) is 0.841. The number of nitrogens with zero attached hydrogens (tertiary/aromatic N) is 1. The highest BCUT2D eigenvalue weighted by Crippen LogP contribution is 2.33. The molecule has 0 unspecified atom stereocenters. The van der Waals surface area contributed by atoms with Gasteiger partial charge in [0.2, 0.25) is 5.91 Å². The largest absolute Gasteiger partial charge is 0.345 e. The van der Waals surface area contributed by atoms with Gasteiger partial charge in [-0.1, -0.05) is 12.8 Å². The summed E-state index contributed by atoms with van der Waals surface area (Å²) in [7, 11) is 1.96. The molecular formula is C13H25ClN2O. The molecule has 0 spiro atoms. The molecule has 2 aliphatic carbocycles. The van der Waals surface area contributed by atoms with Crippen molar-refractivity contribution in [3.63, 3.8) is 0 Å². The van der Waals surface area contributed by atoms with E-state index < -0.39 is 0 Å². The van der Waals surface area contributed by atoms with Crippen molar-refractivity contribution >= 4 is 18.3 Å². The second kappa shape index (κ2) is 6.60. The average molecular weight is 261 g/mol. The van der Waals surface area contributed by atoms with E-state index in [1.54, 1.807) is 0 Å². The molecule has 0 aromatic rings. The van der Waals surface area contributed by atoms with Crippen LogP contribution in [0.25, 0.3) is 0 Å². The van der Waals surface area contributed by atoms with Crippen molar-refractivity contribution < 1.29 is 4.79 Å². The molecule has 2 rings (SSSR count). The molecule has 4 heteroatoms. The fourth-order valence-electron chi connectivity index (χ4n) is 3.08. The van der Waals surface area contributed by atoms with Gasteiger partial charge in [0, 0.05) is 19.5 Å². The maximum Gasteiger partial charge on any atom is 0.225 e. The summed E-state index contributed by atoms with van der Waals surface area (Å²) in [4.78, 5) is 14.2. The molecule has 0 saturated heterocycles. The molecule has 2 atom stereocenters. The zero-order chi connectivity index (χ0) is 11.5. The van der Waals surface area contributed by atoms with E-state index in [1.807, 2.05) is 11.9 Å². The third kappa shape index (κ3) is 3.35. The maximum atomic E-state index is 12.3. The van der Waals surface area contributed by atoms with Crippen molar-refractivity contribution in [1.29, 1.82) is 0 Å². The van der Waals surface area contributed by atoms with Crippen molar-refractivity contribution in [1.82, 2.24) is 4.90 Å². The molecule has 2 aliphatic rings. The Morgan fingerprint density at radius 2 is 1.88 bits per heavy atom. The summed E-state index contributed by atoms with van der Waals surface area (Å²) in [5.41, 5.74) is 5.73. The first-order valence-corrected chi connectivity index (χ1v) is 6.67. The van der Waals surface area contributed by atoms with E-state index in [0.717, 1.165) is 25.3 Å². The number of halogens is 1. The molecule has 3 nitrogen and oxygen atoms in total. The van der Waals surface area contributed by atoms with Crippen LogP contribution in [0.15, 0.2) is 0 Å². The summed E-state index contributed by atoms with van der Waals surface area (Å²) in [5.74, 6) is 1.78. The van der Waals surface area contributed by atoms with E-state index in [0.29, 0.717) is 18.4 Å². The van der Waals surface area contributed by atoms with Crippen LogP contribution in [0.1, 0.15) is 38.5 Å². The first kappa shape index (κ1) is 14.8. The van der Waals surface area contributed by atoms with Gasteiger partial charge in [0.1, 0.15) is 0 Å². The van der Waals surface area contributed by atoms with Crippen LogP contribution in [0.4, 0.5) is 0 Å². The zero-order valence-corrected chi connectivity index (χ0v) is 11.5. The Labute approximate surface area is 111 Å². The van der Waals surface area contributed by atoms with Gasteiger partial charge in [-0.05, 0) is 44.1 Å². The monoisotopic (exact) mass is 260 g/mol. The number of amides is 1. The molecule has 0 radical (unpaired) electrons. The van der Waals surface area contributed by atoms with Gasteiger partial charge in [-0.25, -0.2) is 0 Å². The van der Waals surface area contributed by atoms with Crippen LogP contribution in [-0.2, 0) is 4.79 Å². The van der Waals surface area contributed by atoms with Crippen molar-refractivity contribution in [2.45, 2.75) is 38.5 Å². The lowest BCUT2D eigenvalue weighted by Crippen LogP contribution is -2.40. The van der Waals surface area contributed by atoms with Gasteiger partial charge in [-0.3, -0.25) is 4.79 Å². The Hall–Kier alpha value is -0.280. The first-order chi connectivity index (χ1) is 7.72. The fraction of sp³-hybridized carbons (Fsp3) is 0.923. The number of rotatable bonds is 4. The Morgan fingerprint density at radius 1 is 1.24 bits per heavy atom. The highest BCUT2D eigenvalue weighted by molar-refractivity contribution is 5.85. The van der Waals surface area contributed by atoms with E-state index in [4.69, 9.17) is 5.73 Å². The number of hydrogen-bond donors (Lipinski definition) is 1. The van der Waals surface area contributed by atoms with E-state index in [-0.39, 0.29) is 18.3 Å². The molecule has 0 aromatic carbocycles. The molecule has 0 bridgehead atoms. The molecule has 2 fully saturated rings. The minimum absolute atomic E-state index is 0. The SMILES string of the molecule is CN(CC1CCC1)C(=O)[C@@H]1CCC[C@@H]1CN.Cl. The van der Waals surface area contributed by atoms with E-state index in [2.05, 4.69) is 0 Å². The lowest BCUT2D eigenvalue weighted by atomic mass is 9.84. The third-order valence-electron chi connectivity index (χ3n) is 4.41. The second-order valence-electron chi connectivity index (χ2n) is 5.55. The molecular weight excluding hydrogens is 236 g/mol. The van der Waals surface area contributed by atoms with Crippen molar-refractivity contribution in [2.24, 2.45) is 23.5 Å². The molecule has 1 amide bonds. The Kier molecular flexibility index (Phi) is 5.74. The molecule has 2 N–H and O–H groups in total. The lowest BCUT2D eigenvalue weighted by molar-refractivity contribution is -0.136. The van der Waals surface area contributed by atoms with Gasteiger partial charge in [0.25, 0.3) is 0 Å². The van der Waals surface area contributed by atoms with Crippen molar-refractivity contribution in [3.05, 3.63) is 0 Å². The van der Waals surface area contributed by atoms with E-state index in [9.17, 15) is 4.79 Å². The Bertz CT molecular complexity index is 256. The molecule has 0 aliphatic heterocycles. The van der Waals surface area contributed by atoms with Crippen LogP contribution in [-0.4, -0.2) is 30.9 Å². The highest BCUT2D eigenvalue weighted by atomic mass is 35.5. The minimum atomic E-state index is 0. The standard InChI is InChI=1S/C13H24N2O.ClH/c1-15(9-10-4-2-5-10)13(16)12-7-3-6-11(12)8-14;/h10-12H,2-9,14H2,1H3;1H/t11-,12-;/m1./s1. The van der Waals surface area contributed by atoms with E-state index >= 15 is 0 Å². The van der Waals surface area contributed by atoms with Gasteiger partial charge in [0.05, 0.1) is 0 Å². The predicted molar refractivity (Wildman–Crippen MR) is 72.1 cm³/mol. The average Bonchev–Trinajstić information content (AvgIpc) is 2.69. The summed E-state index contributed by atoms with van der Waals surface area (Å²) in [6, 6.07) is 0. The van der Waals surface area contributed by atoms with Crippen LogP contribution in [0, 0.1) is 17.8 Å². The fourth-order valence-corrected chi connectivity index (χ4v) is 3.08. The zero-order valence-electron chi connectivity index (χ0n) is 10.7. The van der Waals surface area contributed by atoms with Crippen LogP contribution in [0.5, 0.6) is 0 Å². The number of nitrogens with two attached hydrogens (primary N) is 1. The van der Waals surface area contributed by atoms with Crippen LogP contribution >= 0.6 is 12.4 Å². The number of carbonyl (C=O) groups is 1. The summed E-state index contributed by atoms with van der Waals surface area (Å²) < 4.78 is 0. The molecule has 2 saturated carbocycles. The highest BCUT2D eigenvalue weighted by Gasteiger charge is 2.34. The Morgan fingerprint density at radius 3 is 2.41 bits per heavy atom. The third-order valence-corrected chi connectivity index (χ3v) is 4.41. The molecule has 100 valence electrons. The molecule has 17 heavy (non-hydrogen) atoms. The van der Waals surface area contributed by atoms with Gasteiger partial charge in [-0.2, -0.15) is 0 Å². The van der Waals surface area contributed by atoms with Crippen molar-refractivity contribution in [2.75, 3.05) is 20.1 Å². The lowest BCUT2D eigenvalue weighted by Gasteiger charge is -2.32. The second-order valence-corrected chi connectivity index (χ2v) is 5.55. The number of hydrogen-bond acceptors (Lipinski definition) is 2. The Balaban J connectivity index is 0.00000144. The molecule has 0 aromatic heterocycles. The summed E-state index contributed by atoms with van der Waals surface area (Å²) >= 11 is 0. The summed E-state index contributed by atoms with van der Waals surface area (Å²) in [6.45, 7) is 1.64. The van der Waals surface area contributed by atoms with Crippen LogP contribution in [0.3, 0.4) is 0 Å². The van der Waals surface area contributed by atoms with E-state index in [1.165, 1.54) is 25.7 Å². The normalized spacial score (nSPS) is 28.4. The summed E-state index contributed by atoms with van der Waals surface area (Å²) in [6.07, 6.45) is 7.34.